The van der Waals surface area contributed by atoms with E-state index in [1.54, 1.807) is 7.11 Å². The minimum atomic E-state index is -0.0437. The summed E-state index contributed by atoms with van der Waals surface area (Å²) in [7, 11) is 3.54. The largest absolute Gasteiger partial charge is 0.497 e. The van der Waals surface area contributed by atoms with Gasteiger partial charge in [0, 0.05) is 24.0 Å². The number of fused-ring (bicyclic) bond motifs is 1. The first-order valence-electron chi connectivity index (χ1n) is 7.41. The number of aromatic nitrogens is 2. The highest BCUT2D eigenvalue weighted by atomic mass is 32.1. The van der Waals surface area contributed by atoms with Crippen molar-refractivity contribution in [2.45, 2.75) is 19.9 Å². The third-order valence-electron chi connectivity index (χ3n) is 3.50. The monoisotopic (exact) mass is 329 g/mol. The fourth-order valence-electron chi connectivity index (χ4n) is 2.47. The molecule has 23 heavy (non-hydrogen) atoms. The molecule has 0 aliphatic rings. The smallest absolute Gasteiger partial charge is 0.261 e. The Bertz CT molecular complexity index is 864. The second-order valence-electron chi connectivity index (χ2n) is 5.66. The van der Waals surface area contributed by atoms with Crippen molar-refractivity contribution in [2.75, 3.05) is 7.11 Å². The SMILES string of the molecule is COc1cccc(-c2nn(C)c3sc(C(=O)NC(C)C)cc23)c1. The molecule has 0 spiro atoms. The molecule has 3 rings (SSSR count). The number of ether oxygens (including phenoxy) is 1. The molecule has 120 valence electrons. The van der Waals surface area contributed by atoms with Crippen LogP contribution in [0.25, 0.3) is 21.5 Å². The molecule has 0 saturated heterocycles. The predicted octanol–water partition coefficient (Wildman–Crippen LogP) is 3.45. The lowest BCUT2D eigenvalue weighted by molar-refractivity contribution is 0.0947. The first-order chi connectivity index (χ1) is 11.0. The summed E-state index contributed by atoms with van der Waals surface area (Å²) in [6.45, 7) is 3.91. The Morgan fingerprint density at radius 3 is 2.83 bits per heavy atom. The molecule has 0 fully saturated rings. The molecule has 0 radical (unpaired) electrons. The molecular formula is C17H19N3O2S. The first-order valence-corrected chi connectivity index (χ1v) is 8.23. The van der Waals surface area contributed by atoms with Gasteiger partial charge in [-0.3, -0.25) is 9.48 Å². The van der Waals surface area contributed by atoms with Gasteiger partial charge in [0.25, 0.3) is 5.91 Å². The number of nitrogens with zero attached hydrogens (tertiary/aromatic N) is 2. The van der Waals surface area contributed by atoms with E-state index in [9.17, 15) is 4.79 Å². The molecule has 0 aliphatic heterocycles. The van der Waals surface area contributed by atoms with Crippen LogP contribution in [0.1, 0.15) is 23.5 Å². The summed E-state index contributed by atoms with van der Waals surface area (Å²) in [6.07, 6.45) is 0. The van der Waals surface area contributed by atoms with E-state index >= 15 is 0 Å². The number of hydrogen-bond acceptors (Lipinski definition) is 4. The maximum absolute atomic E-state index is 12.2. The van der Waals surface area contributed by atoms with Crippen molar-refractivity contribution in [3.8, 4) is 17.0 Å². The van der Waals surface area contributed by atoms with Gasteiger partial charge in [0.15, 0.2) is 0 Å². The fraction of sp³-hybridized carbons (Fsp3) is 0.294. The number of carbonyl (C=O) groups is 1. The number of nitrogens with one attached hydrogen (secondary N) is 1. The molecule has 1 aromatic carbocycles. The van der Waals surface area contributed by atoms with Crippen molar-refractivity contribution in [3.05, 3.63) is 35.2 Å². The zero-order valence-electron chi connectivity index (χ0n) is 13.6. The van der Waals surface area contributed by atoms with E-state index in [1.807, 2.05) is 55.9 Å². The number of carbonyl (C=O) groups excluding carboxylic acids is 1. The quantitative estimate of drug-likeness (QED) is 0.797. The van der Waals surface area contributed by atoms with E-state index in [0.717, 1.165) is 27.2 Å². The van der Waals surface area contributed by atoms with Crippen LogP contribution < -0.4 is 10.1 Å². The Kier molecular flexibility index (Phi) is 4.09. The average molecular weight is 329 g/mol. The van der Waals surface area contributed by atoms with Crippen molar-refractivity contribution in [3.63, 3.8) is 0 Å². The summed E-state index contributed by atoms with van der Waals surface area (Å²) in [5, 5.41) is 8.51. The van der Waals surface area contributed by atoms with E-state index in [0.29, 0.717) is 4.88 Å². The molecule has 0 atom stereocenters. The number of rotatable bonds is 4. The molecule has 2 aromatic heterocycles. The Morgan fingerprint density at radius 2 is 2.13 bits per heavy atom. The third-order valence-corrected chi connectivity index (χ3v) is 4.70. The normalized spacial score (nSPS) is 11.2. The second-order valence-corrected chi connectivity index (χ2v) is 6.69. The maximum Gasteiger partial charge on any atom is 0.261 e. The fourth-order valence-corrected chi connectivity index (χ4v) is 3.44. The topological polar surface area (TPSA) is 56.2 Å². The van der Waals surface area contributed by atoms with Crippen LogP contribution in [0.3, 0.4) is 0 Å². The molecule has 1 amide bonds. The second kappa shape index (κ2) is 6.04. The van der Waals surface area contributed by atoms with Crippen LogP contribution in [0, 0.1) is 0 Å². The zero-order chi connectivity index (χ0) is 16.6. The van der Waals surface area contributed by atoms with Crippen LogP contribution in [-0.2, 0) is 7.05 Å². The van der Waals surface area contributed by atoms with Crippen LogP contribution >= 0.6 is 11.3 Å². The number of methoxy groups -OCH3 is 1. The van der Waals surface area contributed by atoms with Crippen LogP contribution in [0.15, 0.2) is 30.3 Å². The molecular weight excluding hydrogens is 310 g/mol. The van der Waals surface area contributed by atoms with Crippen LogP contribution in [0.4, 0.5) is 0 Å². The highest BCUT2D eigenvalue weighted by molar-refractivity contribution is 7.20. The standard InChI is InChI=1S/C17H19N3O2S/c1-10(2)18-16(21)14-9-13-15(19-20(3)17(13)23-14)11-6-5-7-12(8-11)22-4/h5-10H,1-4H3,(H,18,21). The number of amides is 1. The van der Waals surface area contributed by atoms with Crippen molar-refractivity contribution in [1.29, 1.82) is 0 Å². The lowest BCUT2D eigenvalue weighted by Gasteiger charge is -2.05. The molecule has 2 heterocycles. The highest BCUT2D eigenvalue weighted by Crippen LogP contribution is 2.34. The Morgan fingerprint density at radius 1 is 1.35 bits per heavy atom. The summed E-state index contributed by atoms with van der Waals surface area (Å²) in [6, 6.07) is 9.82. The molecule has 5 nitrogen and oxygen atoms in total. The van der Waals surface area contributed by atoms with Crippen molar-refractivity contribution in [1.82, 2.24) is 15.1 Å². The first kappa shape index (κ1) is 15.6. The average Bonchev–Trinajstić information content (AvgIpc) is 3.08. The summed E-state index contributed by atoms with van der Waals surface area (Å²) >= 11 is 1.46. The van der Waals surface area contributed by atoms with Gasteiger partial charge in [0.05, 0.1) is 12.0 Å². The van der Waals surface area contributed by atoms with Gasteiger partial charge in [-0.25, -0.2) is 0 Å². The molecule has 1 N–H and O–H groups in total. The Labute approximate surface area is 138 Å². The zero-order valence-corrected chi connectivity index (χ0v) is 14.4. The lowest BCUT2D eigenvalue weighted by Crippen LogP contribution is -2.29. The van der Waals surface area contributed by atoms with Gasteiger partial charge >= 0.3 is 0 Å². The van der Waals surface area contributed by atoms with Gasteiger partial charge in [-0.05, 0) is 32.0 Å². The van der Waals surface area contributed by atoms with E-state index in [4.69, 9.17) is 4.74 Å². The van der Waals surface area contributed by atoms with E-state index in [2.05, 4.69) is 10.4 Å². The van der Waals surface area contributed by atoms with Crippen LogP contribution in [-0.4, -0.2) is 28.8 Å². The van der Waals surface area contributed by atoms with Gasteiger partial charge in [-0.2, -0.15) is 5.10 Å². The van der Waals surface area contributed by atoms with Crippen molar-refractivity contribution >= 4 is 27.5 Å². The number of aryl methyl sites for hydroxylation is 1. The van der Waals surface area contributed by atoms with Crippen molar-refractivity contribution in [2.24, 2.45) is 7.05 Å². The molecule has 0 aliphatic carbocycles. The molecule has 0 bridgehead atoms. The Hall–Kier alpha value is -2.34. The summed E-state index contributed by atoms with van der Waals surface area (Å²) in [5.74, 6) is 0.743. The van der Waals surface area contributed by atoms with Gasteiger partial charge in [0.1, 0.15) is 16.3 Å². The molecule has 6 heteroatoms. The number of hydrogen-bond donors (Lipinski definition) is 1. The van der Waals surface area contributed by atoms with E-state index in [-0.39, 0.29) is 11.9 Å². The van der Waals surface area contributed by atoms with Gasteiger partial charge in [-0.15, -0.1) is 11.3 Å². The third kappa shape index (κ3) is 2.94. The lowest BCUT2D eigenvalue weighted by atomic mass is 10.1. The minimum absolute atomic E-state index is 0.0437. The summed E-state index contributed by atoms with van der Waals surface area (Å²) in [4.78, 5) is 13.9. The Balaban J connectivity index is 2.08. The molecule has 0 unspecified atom stereocenters. The van der Waals surface area contributed by atoms with Crippen molar-refractivity contribution < 1.29 is 9.53 Å². The van der Waals surface area contributed by atoms with Gasteiger partial charge in [0.2, 0.25) is 0 Å². The van der Waals surface area contributed by atoms with E-state index < -0.39 is 0 Å². The van der Waals surface area contributed by atoms with Gasteiger partial charge < -0.3 is 10.1 Å². The summed E-state index contributed by atoms with van der Waals surface area (Å²) in [5.41, 5.74) is 1.84. The van der Waals surface area contributed by atoms with Crippen LogP contribution in [0.2, 0.25) is 0 Å². The van der Waals surface area contributed by atoms with Gasteiger partial charge in [-0.1, -0.05) is 12.1 Å². The highest BCUT2D eigenvalue weighted by Gasteiger charge is 2.18. The number of thiophene rings is 1. The number of benzene rings is 1. The van der Waals surface area contributed by atoms with E-state index in [1.165, 1.54) is 11.3 Å². The molecule has 0 saturated carbocycles. The minimum Gasteiger partial charge on any atom is -0.497 e. The maximum atomic E-state index is 12.2. The predicted molar refractivity (Wildman–Crippen MR) is 93.2 cm³/mol. The summed E-state index contributed by atoms with van der Waals surface area (Å²) < 4.78 is 7.11. The molecule has 3 aromatic rings. The van der Waals surface area contributed by atoms with Crippen LogP contribution in [0.5, 0.6) is 5.75 Å².